The number of anilines is 1. The van der Waals surface area contributed by atoms with Gasteiger partial charge in [-0.2, -0.15) is 0 Å². The van der Waals surface area contributed by atoms with E-state index in [0.717, 1.165) is 32.4 Å². The number of pyridine rings is 1. The SMILES string of the molecule is O=C(Nc1nnc(-c2ccccc2)s1)c1cc2cc3ccnccc3nc2c1. The molecular formula is C21H13N5OS. The quantitative estimate of drug-likeness (QED) is 0.494. The summed E-state index contributed by atoms with van der Waals surface area (Å²) in [6, 6.07) is 19.1. The van der Waals surface area contributed by atoms with Crippen LogP contribution in [-0.4, -0.2) is 26.1 Å². The first kappa shape index (κ1) is 16.5. The molecule has 0 aliphatic heterocycles. The largest absolute Gasteiger partial charge is 0.296 e. The molecule has 7 heteroatoms. The number of amides is 1. The van der Waals surface area contributed by atoms with Crippen molar-refractivity contribution < 1.29 is 4.79 Å². The third-order valence-electron chi connectivity index (χ3n) is 4.33. The predicted octanol–water partition coefficient (Wildman–Crippen LogP) is 4.55. The van der Waals surface area contributed by atoms with Crippen LogP contribution in [0.4, 0.5) is 5.13 Å². The Morgan fingerprint density at radius 3 is 2.61 bits per heavy atom. The minimum absolute atomic E-state index is 0.231. The summed E-state index contributed by atoms with van der Waals surface area (Å²) in [6.07, 6.45) is 3.43. The van der Waals surface area contributed by atoms with Crippen molar-refractivity contribution in [2.24, 2.45) is 0 Å². The third-order valence-corrected chi connectivity index (χ3v) is 5.22. The summed E-state index contributed by atoms with van der Waals surface area (Å²) in [5, 5.41) is 14.2. The summed E-state index contributed by atoms with van der Waals surface area (Å²) < 4.78 is 0. The molecule has 1 amide bonds. The Hall–Kier alpha value is -3.71. The number of aromatic nitrogens is 4. The number of nitrogens with zero attached hydrogens (tertiary/aromatic N) is 4. The van der Waals surface area contributed by atoms with Gasteiger partial charge in [-0.25, -0.2) is 4.98 Å². The highest BCUT2D eigenvalue weighted by molar-refractivity contribution is 7.18. The van der Waals surface area contributed by atoms with Gasteiger partial charge < -0.3 is 0 Å². The average molecular weight is 383 g/mol. The molecule has 5 rings (SSSR count). The van der Waals surface area contributed by atoms with Crippen molar-refractivity contribution in [3.05, 3.63) is 78.6 Å². The van der Waals surface area contributed by atoms with E-state index in [2.05, 4.69) is 25.5 Å². The Balaban J connectivity index is 1.43. The normalized spacial score (nSPS) is 11.0. The summed E-state index contributed by atoms with van der Waals surface area (Å²) in [7, 11) is 0. The van der Waals surface area contributed by atoms with E-state index >= 15 is 0 Å². The summed E-state index contributed by atoms with van der Waals surface area (Å²) in [6.45, 7) is 0. The fraction of sp³-hybridized carbons (Fsp3) is 0. The first-order valence-corrected chi connectivity index (χ1v) is 9.43. The molecule has 0 aliphatic rings. The van der Waals surface area contributed by atoms with Gasteiger partial charge in [-0.3, -0.25) is 15.1 Å². The fourth-order valence-electron chi connectivity index (χ4n) is 2.99. The molecular weight excluding hydrogens is 370 g/mol. The second-order valence-corrected chi connectivity index (χ2v) is 7.17. The van der Waals surface area contributed by atoms with Crippen LogP contribution in [-0.2, 0) is 0 Å². The van der Waals surface area contributed by atoms with Crippen LogP contribution in [0.3, 0.4) is 0 Å². The molecule has 3 heterocycles. The van der Waals surface area contributed by atoms with Crippen LogP contribution >= 0.6 is 11.3 Å². The molecule has 0 saturated heterocycles. The minimum Gasteiger partial charge on any atom is -0.296 e. The van der Waals surface area contributed by atoms with Crippen molar-refractivity contribution in [3.63, 3.8) is 0 Å². The maximum atomic E-state index is 12.7. The van der Waals surface area contributed by atoms with Crippen molar-refractivity contribution in [1.29, 1.82) is 0 Å². The lowest BCUT2D eigenvalue weighted by Crippen LogP contribution is -2.10. The van der Waals surface area contributed by atoms with Gasteiger partial charge in [-0.15, -0.1) is 10.2 Å². The van der Waals surface area contributed by atoms with Crippen LogP contribution in [0.1, 0.15) is 10.4 Å². The molecule has 2 aromatic carbocycles. The Kier molecular flexibility index (Phi) is 3.99. The lowest BCUT2D eigenvalue weighted by Gasteiger charge is -1.97. The second kappa shape index (κ2) is 6.79. The summed E-state index contributed by atoms with van der Waals surface area (Å²) in [5.74, 6) is -0.231. The lowest BCUT2D eigenvalue weighted by atomic mass is 10.2. The monoisotopic (exact) mass is 383 g/mol. The fourth-order valence-corrected chi connectivity index (χ4v) is 3.73. The first-order valence-electron chi connectivity index (χ1n) is 8.61. The highest BCUT2D eigenvalue weighted by atomic mass is 32.1. The van der Waals surface area contributed by atoms with Gasteiger partial charge in [-0.05, 0) is 30.3 Å². The maximum absolute atomic E-state index is 12.7. The second-order valence-electron chi connectivity index (χ2n) is 6.19. The molecule has 5 aromatic rings. The lowest BCUT2D eigenvalue weighted by molar-refractivity contribution is 0.102. The van der Waals surface area contributed by atoms with E-state index in [9.17, 15) is 4.79 Å². The van der Waals surface area contributed by atoms with Crippen molar-refractivity contribution >= 4 is 44.2 Å². The molecule has 0 radical (unpaired) electrons. The van der Waals surface area contributed by atoms with Gasteiger partial charge >= 0.3 is 0 Å². The number of carbonyl (C=O) groups excluding carboxylic acids is 1. The van der Waals surface area contributed by atoms with Gasteiger partial charge in [0.15, 0.2) is 0 Å². The molecule has 0 atom stereocenters. The van der Waals surface area contributed by atoms with E-state index in [1.54, 1.807) is 18.5 Å². The van der Waals surface area contributed by atoms with E-state index in [1.807, 2.05) is 54.6 Å². The number of hydrogen-bond acceptors (Lipinski definition) is 6. The van der Waals surface area contributed by atoms with E-state index in [-0.39, 0.29) is 5.91 Å². The Labute approximate surface area is 163 Å². The maximum Gasteiger partial charge on any atom is 0.257 e. The van der Waals surface area contributed by atoms with Crippen molar-refractivity contribution in [2.45, 2.75) is 0 Å². The molecule has 28 heavy (non-hydrogen) atoms. The van der Waals surface area contributed by atoms with Crippen molar-refractivity contribution in [1.82, 2.24) is 20.2 Å². The van der Waals surface area contributed by atoms with E-state index in [0.29, 0.717) is 10.7 Å². The standard InChI is InChI=1S/C21H13N5OS/c27-19(24-21-26-25-20(28-21)13-4-2-1-3-5-13)16-11-15-10-14-6-8-22-9-7-17(14)23-18(15)12-16/h1-12H,(H,24,26,27). The third kappa shape index (κ3) is 3.08. The average Bonchev–Trinajstić information content (AvgIpc) is 3.28. The summed E-state index contributed by atoms with van der Waals surface area (Å²) >= 11 is 1.34. The van der Waals surface area contributed by atoms with Gasteiger partial charge in [0.25, 0.3) is 5.91 Å². The van der Waals surface area contributed by atoms with Gasteiger partial charge in [0.1, 0.15) is 5.01 Å². The predicted molar refractivity (Wildman–Crippen MR) is 110 cm³/mol. The molecule has 0 bridgehead atoms. The summed E-state index contributed by atoms with van der Waals surface area (Å²) in [5.41, 5.74) is 3.11. The van der Waals surface area contributed by atoms with Gasteiger partial charge in [0.05, 0.1) is 11.0 Å². The van der Waals surface area contributed by atoms with Crippen LogP contribution in [0.25, 0.3) is 32.4 Å². The molecule has 6 nitrogen and oxygen atoms in total. The highest BCUT2D eigenvalue weighted by Gasteiger charge is 2.14. The Morgan fingerprint density at radius 2 is 1.71 bits per heavy atom. The van der Waals surface area contributed by atoms with Crippen LogP contribution in [0, 0.1) is 0 Å². The zero-order valence-electron chi connectivity index (χ0n) is 14.5. The molecule has 0 fully saturated rings. The zero-order valence-corrected chi connectivity index (χ0v) is 15.4. The Bertz CT molecular complexity index is 1260. The van der Waals surface area contributed by atoms with Crippen molar-refractivity contribution in [2.75, 3.05) is 5.32 Å². The van der Waals surface area contributed by atoms with Gasteiger partial charge in [0.2, 0.25) is 5.13 Å². The topological polar surface area (TPSA) is 80.7 Å². The number of hydrogen-bond donors (Lipinski definition) is 1. The minimum atomic E-state index is -0.231. The number of fused-ring (bicyclic) bond motifs is 2. The molecule has 134 valence electrons. The number of benzene rings is 1. The summed E-state index contributed by atoms with van der Waals surface area (Å²) in [4.78, 5) is 21.4. The van der Waals surface area contributed by atoms with E-state index in [1.165, 1.54) is 11.3 Å². The molecule has 3 aromatic heterocycles. The molecule has 0 saturated carbocycles. The van der Waals surface area contributed by atoms with Gasteiger partial charge in [-0.1, -0.05) is 41.7 Å². The van der Waals surface area contributed by atoms with Gasteiger partial charge in [0, 0.05) is 34.3 Å². The smallest absolute Gasteiger partial charge is 0.257 e. The highest BCUT2D eigenvalue weighted by Crippen LogP contribution is 2.27. The molecule has 0 spiro atoms. The zero-order chi connectivity index (χ0) is 18.9. The number of nitrogens with one attached hydrogen (secondary N) is 1. The van der Waals surface area contributed by atoms with Crippen LogP contribution in [0.2, 0.25) is 0 Å². The van der Waals surface area contributed by atoms with Crippen molar-refractivity contribution in [3.8, 4) is 10.6 Å². The molecule has 0 unspecified atom stereocenters. The Morgan fingerprint density at radius 1 is 0.857 bits per heavy atom. The van der Waals surface area contributed by atoms with Crippen LogP contribution in [0.5, 0.6) is 0 Å². The number of rotatable bonds is 3. The van der Waals surface area contributed by atoms with Crippen LogP contribution < -0.4 is 5.32 Å². The van der Waals surface area contributed by atoms with E-state index in [4.69, 9.17) is 0 Å². The molecule has 0 aliphatic carbocycles. The number of carbonyl (C=O) groups is 1. The molecule has 1 N–H and O–H groups in total. The van der Waals surface area contributed by atoms with E-state index < -0.39 is 0 Å². The van der Waals surface area contributed by atoms with Crippen LogP contribution in [0.15, 0.2) is 73.1 Å². The first-order chi connectivity index (χ1) is 13.8.